The summed E-state index contributed by atoms with van der Waals surface area (Å²) in [5.41, 5.74) is 1.73. The highest BCUT2D eigenvalue weighted by atomic mass is 32.1. The van der Waals surface area contributed by atoms with Crippen molar-refractivity contribution in [3.05, 3.63) is 21.4 Å². The number of carbonyl (C=O) groups is 1. The van der Waals surface area contributed by atoms with Crippen LogP contribution in [0.2, 0.25) is 0 Å². The first kappa shape index (κ1) is 10.7. The van der Waals surface area contributed by atoms with Crippen LogP contribution in [0, 0.1) is 25.2 Å². The molecule has 0 bridgehead atoms. The van der Waals surface area contributed by atoms with E-state index in [1.807, 2.05) is 25.3 Å². The van der Waals surface area contributed by atoms with Crippen molar-refractivity contribution in [1.29, 1.82) is 5.26 Å². The summed E-state index contributed by atoms with van der Waals surface area (Å²) in [5, 5.41) is 10.3. The van der Waals surface area contributed by atoms with Gasteiger partial charge in [-0.15, -0.1) is 11.3 Å². The number of nitriles is 1. The molecular weight excluding hydrogens is 196 g/mol. The Morgan fingerprint density at radius 1 is 1.64 bits per heavy atom. The highest BCUT2D eigenvalue weighted by molar-refractivity contribution is 7.10. The van der Waals surface area contributed by atoms with E-state index in [-0.39, 0.29) is 12.5 Å². The molecule has 0 aliphatic carbocycles. The second-order valence-electron chi connectivity index (χ2n) is 3.15. The van der Waals surface area contributed by atoms with Crippen molar-refractivity contribution >= 4 is 17.2 Å². The third-order valence-electron chi connectivity index (χ3n) is 2.17. The maximum atomic E-state index is 11.8. The Morgan fingerprint density at radius 3 is 2.71 bits per heavy atom. The molecule has 1 aromatic rings. The van der Waals surface area contributed by atoms with Crippen LogP contribution in [0.25, 0.3) is 0 Å². The van der Waals surface area contributed by atoms with E-state index in [4.69, 9.17) is 5.26 Å². The fourth-order valence-electron chi connectivity index (χ4n) is 1.11. The van der Waals surface area contributed by atoms with Gasteiger partial charge < -0.3 is 4.90 Å². The third-order valence-corrected chi connectivity index (χ3v) is 3.18. The molecule has 0 atom stereocenters. The summed E-state index contributed by atoms with van der Waals surface area (Å²) in [6.45, 7) is 4.05. The van der Waals surface area contributed by atoms with E-state index in [2.05, 4.69) is 0 Å². The van der Waals surface area contributed by atoms with E-state index in [0.29, 0.717) is 5.56 Å². The van der Waals surface area contributed by atoms with Gasteiger partial charge in [0.15, 0.2) is 0 Å². The lowest BCUT2D eigenvalue weighted by Crippen LogP contribution is -2.27. The van der Waals surface area contributed by atoms with Crippen molar-refractivity contribution in [3.63, 3.8) is 0 Å². The Balaban J connectivity index is 2.91. The minimum atomic E-state index is -0.0756. The van der Waals surface area contributed by atoms with E-state index >= 15 is 0 Å². The molecular formula is C10H12N2OS. The Bertz CT molecular complexity index is 389. The Labute approximate surface area is 87.6 Å². The van der Waals surface area contributed by atoms with Gasteiger partial charge in [0, 0.05) is 17.3 Å². The topological polar surface area (TPSA) is 44.1 Å². The Hall–Kier alpha value is -1.34. The number of thiophene rings is 1. The van der Waals surface area contributed by atoms with Crippen molar-refractivity contribution in [2.24, 2.45) is 0 Å². The molecule has 0 aliphatic rings. The minimum Gasteiger partial charge on any atom is -0.328 e. The van der Waals surface area contributed by atoms with Crippen LogP contribution >= 0.6 is 11.3 Å². The lowest BCUT2D eigenvalue weighted by molar-refractivity contribution is 0.0812. The fourth-order valence-corrected chi connectivity index (χ4v) is 1.97. The van der Waals surface area contributed by atoms with Crippen LogP contribution in [0.4, 0.5) is 0 Å². The van der Waals surface area contributed by atoms with Gasteiger partial charge in [0.25, 0.3) is 5.91 Å². The first-order valence-electron chi connectivity index (χ1n) is 4.25. The van der Waals surface area contributed by atoms with Crippen molar-refractivity contribution < 1.29 is 4.79 Å². The average Bonchev–Trinajstić information content (AvgIpc) is 2.47. The molecule has 0 fully saturated rings. The Morgan fingerprint density at radius 2 is 2.29 bits per heavy atom. The molecule has 0 saturated carbocycles. The molecule has 1 amide bonds. The number of nitrogens with zero attached hydrogens (tertiary/aromatic N) is 2. The quantitative estimate of drug-likeness (QED) is 0.697. The lowest BCUT2D eigenvalue weighted by atomic mass is 10.1. The summed E-state index contributed by atoms with van der Waals surface area (Å²) in [6, 6.07) is 1.95. The second-order valence-corrected chi connectivity index (χ2v) is 4.23. The van der Waals surface area contributed by atoms with Crippen molar-refractivity contribution in [1.82, 2.24) is 4.90 Å². The molecule has 0 saturated heterocycles. The smallest absolute Gasteiger partial charge is 0.255 e. The molecule has 1 aromatic heterocycles. The van der Waals surface area contributed by atoms with Crippen LogP contribution < -0.4 is 0 Å². The van der Waals surface area contributed by atoms with Gasteiger partial charge in [0.2, 0.25) is 0 Å². The Kier molecular flexibility index (Phi) is 3.26. The first-order valence-corrected chi connectivity index (χ1v) is 5.13. The standard InChI is InChI=1S/C10H12N2OS/c1-7-8(2)14-6-9(7)10(13)12(3)5-4-11/h6H,5H2,1-3H3. The van der Waals surface area contributed by atoms with Crippen molar-refractivity contribution in [2.45, 2.75) is 13.8 Å². The normalized spacial score (nSPS) is 9.57. The van der Waals surface area contributed by atoms with Gasteiger partial charge >= 0.3 is 0 Å². The van der Waals surface area contributed by atoms with Gasteiger partial charge in [-0.1, -0.05) is 0 Å². The number of hydrogen-bond acceptors (Lipinski definition) is 3. The largest absolute Gasteiger partial charge is 0.328 e. The lowest BCUT2D eigenvalue weighted by Gasteiger charge is -2.12. The first-order chi connectivity index (χ1) is 6.57. The maximum absolute atomic E-state index is 11.8. The van der Waals surface area contributed by atoms with E-state index in [9.17, 15) is 4.79 Å². The highest BCUT2D eigenvalue weighted by Crippen LogP contribution is 2.21. The summed E-state index contributed by atoms with van der Waals surface area (Å²) < 4.78 is 0. The maximum Gasteiger partial charge on any atom is 0.255 e. The number of hydrogen-bond donors (Lipinski definition) is 0. The molecule has 0 N–H and O–H groups in total. The molecule has 0 radical (unpaired) electrons. The summed E-state index contributed by atoms with van der Waals surface area (Å²) in [6.07, 6.45) is 0. The van der Waals surface area contributed by atoms with Crippen LogP contribution in [0.5, 0.6) is 0 Å². The molecule has 74 valence electrons. The average molecular weight is 208 g/mol. The summed E-state index contributed by atoms with van der Waals surface area (Å²) in [7, 11) is 1.64. The van der Waals surface area contributed by atoms with Crippen LogP contribution in [0.15, 0.2) is 5.38 Å². The van der Waals surface area contributed by atoms with Gasteiger partial charge in [-0.3, -0.25) is 4.79 Å². The number of carbonyl (C=O) groups excluding carboxylic acids is 1. The van der Waals surface area contributed by atoms with Gasteiger partial charge in [0.05, 0.1) is 11.6 Å². The minimum absolute atomic E-state index is 0.0756. The second kappa shape index (κ2) is 4.25. The number of rotatable bonds is 2. The zero-order valence-electron chi connectivity index (χ0n) is 8.50. The molecule has 0 unspecified atom stereocenters. The predicted octanol–water partition coefficient (Wildman–Crippen LogP) is 1.96. The summed E-state index contributed by atoms with van der Waals surface area (Å²) in [4.78, 5) is 14.3. The van der Waals surface area contributed by atoms with Gasteiger partial charge in [-0.2, -0.15) is 5.26 Å². The van der Waals surface area contributed by atoms with Gasteiger partial charge in [-0.05, 0) is 19.4 Å². The molecule has 1 rings (SSSR count). The van der Waals surface area contributed by atoms with E-state index in [0.717, 1.165) is 10.4 Å². The zero-order valence-corrected chi connectivity index (χ0v) is 9.31. The SMILES string of the molecule is Cc1scc(C(=O)N(C)CC#N)c1C. The molecule has 0 aromatic carbocycles. The molecule has 4 heteroatoms. The number of amides is 1. The van der Waals surface area contributed by atoms with E-state index in [1.54, 1.807) is 18.4 Å². The molecule has 3 nitrogen and oxygen atoms in total. The third kappa shape index (κ3) is 1.94. The summed E-state index contributed by atoms with van der Waals surface area (Å²) >= 11 is 1.56. The number of aryl methyl sites for hydroxylation is 1. The van der Waals surface area contributed by atoms with E-state index < -0.39 is 0 Å². The van der Waals surface area contributed by atoms with Crippen LogP contribution in [-0.4, -0.2) is 24.4 Å². The molecule has 1 heterocycles. The highest BCUT2D eigenvalue weighted by Gasteiger charge is 2.15. The monoisotopic (exact) mass is 208 g/mol. The fraction of sp³-hybridized carbons (Fsp3) is 0.400. The van der Waals surface area contributed by atoms with E-state index in [1.165, 1.54) is 4.90 Å². The zero-order chi connectivity index (χ0) is 10.7. The van der Waals surface area contributed by atoms with Gasteiger partial charge in [0.1, 0.15) is 6.54 Å². The predicted molar refractivity (Wildman–Crippen MR) is 56.4 cm³/mol. The molecule has 0 aliphatic heterocycles. The van der Waals surface area contributed by atoms with Crippen LogP contribution in [0.1, 0.15) is 20.8 Å². The van der Waals surface area contributed by atoms with Crippen LogP contribution in [0.3, 0.4) is 0 Å². The summed E-state index contributed by atoms with van der Waals surface area (Å²) in [5.74, 6) is -0.0756. The van der Waals surface area contributed by atoms with Crippen molar-refractivity contribution in [3.8, 4) is 6.07 Å². The van der Waals surface area contributed by atoms with Gasteiger partial charge in [-0.25, -0.2) is 0 Å². The van der Waals surface area contributed by atoms with Crippen LogP contribution in [-0.2, 0) is 0 Å². The van der Waals surface area contributed by atoms with Crippen molar-refractivity contribution in [2.75, 3.05) is 13.6 Å². The molecule has 0 spiro atoms. The molecule has 14 heavy (non-hydrogen) atoms.